The van der Waals surface area contributed by atoms with Crippen LogP contribution in [-0.4, -0.2) is 17.4 Å². The van der Waals surface area contributed by atoms with Crippen molar-refractivity contribution in [1.82, 2.24) is 5.32 Å². The normalized spacial score (nSPS) is 9.88. The number of hydrogen-bond acceptors (Lipinski definition) is 2. The van der Waals surface area contributed by atoms with E-state index in [9.17, 15) is 9.18 Å². The highest BCUT2D eigenvalue weighted by molar-refractivity contribution is 7.80. The summed E-state index contributed by atoms with van der Waals surface area (Å²) in [5.41, 5.74) is 5.17. The topological polar surface area (TPSA) is 55.1 Å². The van der Waals surface area contributed by atoms with Gasteiger partial charge in [-0.05, 0) is 18.2 Å². The van der Waals surface area contributed by atoms with E-state index in [1.807, 2.05) is 0 Å². The molecule has 3 N–H and O–H groups in total. The molecule has 0 saturated carbocycles. The van der Waals surface area contributed by atoms with Gasteiger partial charge in [0.2, 0.25) is 0 Å². The molecule has 0 aliphatic carbocycles. The Hall–Kier alpha value is -1.20. The molecule has 0 heterocycles. The molecule has 6 heteroatoms. The first-order valence-electron chi connectivity index (χ1n) is 4.52. The highest BCUT2D eigenvalue weighted by Gasteiger charge is 2.11. The second-order valence-corrected chi connectivity index (χ2v) is 4.06. The Kier molecular flexibility index (Phi) is 4.64. The average molecular weight is 261 g/mol. The smallest absolute Gasteiger partial charge is 0.254 e. The number of hydrogen-bond donors (Lipinski definition) is 2. The van der Waals surface area contributed by atoms with Crippen LogP contribution in [0.3, 0.4) is 0 Å². The first kappa shape index (κ1) is 12.9. The SMILES string of the molecule is NC(=S)CCNC(=O)c1cc(Cl)ccc1F. The summed E-state index contributed by atoms with van der Waals surface area (Å²) in [6.45, 7) is 0.278. The maximum Gasteiger partial charge on any atom is 0.254 e. The molecule has 86 valence electrons. The fourth-order valence-electron chi connectivity index (χ4n) is 1.07. The summed E-state index contributed by atoms with van der Waals surface area (Å²) in [5, 5.41) is 2.80. The van der Waals surface area contributed by atoms with E-state index in [-0.39, 0.29) is 12.1 Å². The van der Waals surface area contributed by atoms with E-state index in [4.69, 9.17) is 17.3 Å². The molecular weight excluding hydrogens is 251 g/mol. The van der Waals surface area contributed by atoms with Crippen molar-refractivity contribution in [2.24, 2.45) is 5.73 Å². The predicted molar refractivity (Wildman–Crippen MR) is 65.1 cm³/mol. The number of rotatable bonds is 4. The van der Waals surface area contributed by atoms with Gasteiger partial charge in [-0.25, -0.2) is 4.39 Å². The van der Waals surface area contributed by atoms with Crippen molar-refractivity contribution < 1.29 is 9.18 Å². The van der Waals surface area contributed by atoms with Gasteiger partial charge < -0.3 is 11.1 Å². The first-order chi connectivity index (χ1) is 7.50. The van der Waals surface area contributed by atoms with Gasteiger partial charge in [-0.15, -0.1) is 0 Å². The van der Waals surface area contributed by atoms with Crippen LogP contribution in [-0.2, 0) is 0 Å². The summed E-state index contributed by atoms with van der Waals surface area (Å²) in [6, 6.07) is 3.79. The van der Waals surface area contributed by atoms with Crippen molar-refractivity contribution in [1.29, 1.82) is 0 Å². The van der Waals surface area contributed by atoms with E-state index in [0.29, 0.717) is 16.4 Å². The van der Waals surface area contributed by atoms with Crippen LogP contribution in [0.5, 0.6) is 0 Å². The monoisotopic (exact) mass is 260 g/mol. The van der Waals surface area contributed by atoms with Crippen LogP contribution in [0.25, 0.3) is 0 Å². The number of nitrogens with one attached hydrogen (secondary N) is 1. The van der Waals surface area contributed by atoms with Gasteiger partial charge >= 0.3 is 0 Å². The fourth-order valence-corrected chi connectivity index (χ4v) is 1.34. The van der Waals surface area contributed by atoms with Gasteiger partial charge in [-0.1, -0.05) is 23.8 Å². The molecule has 0 atom stereocenters. The fraction of sp³-hybridized carbons (Fsp3) is 0.200. The minimum Gasteiger partial charge on any atom is -0.393 e. The van der Waals surface area contributed by atoms with Gasteiger partial charge in [0.25, 0.3) is 5.91 Å². The molecular formula is C10H10ClFN2OS. The molecule has 1 aromatic rings. The molecule has 3 nitrogen and oxygen atoms in total. The number of thiocarbonyl (C=S) groups is 1. The minimum atomic E-state index is -0.614. The maximum atomic E-state index is 13.2. The van der Waals surface area contributed by atoms with Gasteiger partial charge in [0.1, 0.15) is 5.82 Å². The lowest BCUT2D eigenvalue weighted by molar-refractivity contribution is 0.0951. The third-order valence-electron chi connectivity index (χ3n) is 1.83. The number of halogens is 2. The predicted octanol–water partition coefficient (Wildman–Crippen LogP) is 1.89. The van der Waals surface area contributed by atoms with Crippen molar-refractivity contribution in [2.45, 2.75) is 6.42 Å². The summed E-state index contributed by atoms with van der Waals surface area (Å²) >= 11 is 10.3. The number of carbonyl (C=O) groups is 1. The van der Waals surface area contributed by atoms with Crippen molar-refractivity contribution in [3.05, 3.63) is 34.6 Å². The largest absolute Gasteiger partial charge is 0.393 e. The van der Waals surface area contributed by atoms with Gasteiger partial charge in [0.05, 0.1) is 10.6 Å². The highest BCUT2D eigenvalue weighted by atomic mass is 35.5. The molecule has 0 saturated heterocycles. The second kappa shape index (κ2) is 5.77. The summed E-state index contributed by atoms with van der Waals surface area (Å²) in [7, 11) is 0. The van der Waals surface area contributed by atoms with Gasteiger partial charge in [-0.3, -0.25) is 4.79 Å². The van der Waals surface area contributed by atoms with Crippen LogP contribution >= 0.6 is 23.8 Å². The first-order valence-corrected chi connectivity index (χ1v) is 5.31. The number of carbonyl (C=O) groups excluding carboxylic acids is 1. The lowest BCUT2D eigenvalue weighted by Gasteiger charge is -2.05. The van der Waals surface area contributed by atoms with E-state index in [1.165, 1.54) is 12.1 Å². The molecule has 0 aromatic heterocycles. The van der Waals surface area contributed by atoms with Crippen LogP contribution in [0, 0.1) is 5.82 Å². The van der Waals surface area contributed by atoms with Crippen LogP contribution in [0.15, 0.2) is 18.2 Å². The van der Waals surface area contributed by atoms with E-state index in [2.05, 4.69) is 17.5 Å². The summed E-state index contributed by atoms with van der Waals surface area (Å²) in [4.78, 5) is 11.8. The van der Waals surface area contributed by atoms with E-state index in [0.717, 1.165) is 6.07 Å². The van der Waals surface area contributed by atoms with Crippen molar-refractivity contribution >= 4 is 34.7 Å². The molecule has 0 radical (unpaired) electrons. The number of amides is 1. The van der Waals surface area contributed by atoms with Crippen molar-refractivity contribution in [3.8, 4) is 0 Å². The van der Waals surface area contributed by atoms with Crippen LogP contribution < -0.4 is 11.1 Å². The molecule has 1 amide bonds. The van der Waals surface area contributed by atoms with E-state index >= 15 is 0 Å². The van der Waals surface area contributed by atoms with Crippen LogP contribution in [0.1, 0.15) is 16.8 Å². The lowest BCUT2D eigenvalue weighted by atomic mass is 10.2. The van der Waals surface area contributed by atoms with Crippen LogP contribution in [0.2, 0.25) is 5.02 Å². The molecule has 1 rings (SSSR count). The maximum absolute atomic E-state index is 13.2. The number of nitrogens with two attached hydrogens (primary N) is 1. The van der Waals surface area contributed by atoms with Gasteiger partial charge in [0, 0.05) is 18.0 Å². The molecule has 0 unspecified atom stereocenters. The van der Waals surface area contributed by atoms with E-state index < -0.39 is 11.7 Å². The Morgan fingerprint density at radius 3 is 2.88 bits per heavy atom. The molecule has 0 fully saturated rings. The zero-order valence-corrected chi connectivity index (χ0v) is 9.87. The standard InChI is InChI=1S/C10H10ClFN2OS/c11-6-1-2-8(12)7(5-6)10(15)14-4-3-9(13)16/h1-2,5H,3-4H2,(H2,13,16)(H,14,15). The van der Waals surface area contributed by atoms with Crippen LogP contribution in [0.4, 0.5) is 4.39 Å². The number of benzene rings is 1. The Bertz CT molecular complexity index is 425. The minimum absolute atomic E-state index is 0.0876. The van der Waals surface area contributed by atoms with Gasteiger partial charge in [0.15, 0.2) is 0 Å². The Labute approximate surface area is 103 Å². The molecule has 0 spiro atoms. The van der Waals surface area contributed by atoms with Gasteiger partial charge in [-0.2, -0.15) is 0 Å². The highest BCUT2D eigenvalue weighted by Crippen LogP contribution is 2.14. The quantitative estimate of drug-likeness (QED) is 0.813. The third-order valence-corrected chi connectivity index (χ3v) is 2.27. The molecule has 1 aromatic carbocycles. The molecule has 0 aliphatic heterocycles. The Morgan fingerprint density at radius 2 is 2.25 bits per heavy atom. The summed E-state index contributed by atoms with van der Waals surface area (Å²) < 4.78 is 13.2. The molecule has 0 aliphatic rings. The Morgan fingerprint density at radius 1 is 1.56 bits per heavy atom. The molecule has 0 bridgehead atoms. The summed E-state index contributed by atoms with van der Waals surface area (Å²) in [5.74, 6) is -1.14. The average Bonchev–Trinajstić information content (AvgIpc) is 2.21. The third kappa shape index (κ3) is 3.75. The second-order valence-electron chi connectivity index (χ2n) is 3.10. The Balaban J connectivity index is 2.65. The van der Waals surface area contributed by atoms with Crippen molar-refractivity contribution in [2.75, 3.05) is 6.54 Å². The molecule has 16 heavy (non-hydrogen) atoms. The zero-order chi connectivity index (χ0) is 12.1. The zero-order valence-electron chi connectivity index (χ0n) is 8.30. The lowest BCUT2D eigenvalue weighted by Crippen LogP contribution is -2.28. The van der Waals surface area contributed by atoms with Crippen molar-refractivity contribution in [3.63, 3.8) is 0 Å². The summed E-state index contributed by atoms with van der Waals surface area (Å²) in [6.07, 6.45) is 0.378. The van der Waals surface area contributed by atoms with E-state index in [1.54, 1.807) is 0 Å².